The van der Waals surface area contributed by atoms with Gasteiger partial charge < -0.3 is 11.5 Å². The lowest BCUT2D eigenvalue weighted by Crippen LogP contribution is -1.96. The lowest BCUT2D eigenvalue weighted by atomic mass is 10.0. The molecule has 0 saturated heterocycles. The molecule has 0 amide bonds. The highest BCUT2D eigenvalue weighted by atomic mass is 14.7. The highest BCUT2D eigenvalue weighted by Crippen LogP contribution is 2.29. The van der Waals surface area contributed by atoms with Crippen LogP contribution in [0.4, 0.5) is 11.4 Å². The fraction of sp³-hybridized carbons (Fsp3) is 0. The van der Waals surface area contributed by atoms with Crippen LogP contribution in [0.25, 0.3) is 11.1 Å². The van der Waals surface area contributed by atoms with E-state index in [2.05, 4.69) is 4.98 Å². The SMILES string of the molecule is Nc1cccc(-c2ccncc2)c1N. The summed E-state index contributed by atoms with van der Waals surface area (Å²) in [5.41, 5.74) is 14.8. The zero-order chi connectivity index (χ0) is 9.97. The Morgan fingerprint density at radius 1 is 0.929 bits per heavy atom. The summed E-state index contributed by atoms with van der Waals surface area (Å²) < 4.78 is 0. The van der Waals surface area contributed by atoms with Crippen molar-refractivity contribution in [2.45, 2.75) is 0 Å². The lowest BCUT2D eigenvalue weighted by molar-refractivity contribution is 1.33. The molecule has 0 aliphatic carbocycles. The molecule has 2 aromatic rings. The van der Waals surface area contributed by atoms with Crippen molar-refractivity contribution in [3.8, 4) is 11.1 Å². The second-order valence-corrected chi connectivity index (χ2v) is 3.04. The third-order valence-corrected chi connectivity index (χ3v) is 2.13. The van der Waals surface area contributed by atoms with Crippen molar-refractivity contribution in [1.29, 1.82) is 0 Å². The van der Waals surface area contributed by atoms with Crippen LogP contribution in [0.5, 0.6) is 0 Å². The number of nitrogens with zero attached hydrogens (tertiary/aromatic N) is 1. The molecule has 4 N–H and O–H groups in total. The van der Waals surface area contributed by atoms with Crippen LogP contribution in [-0.2, 0) is 0 Å². The standard InChI is InChI=1S/C11H11N3/c12-10-3-1-2-9(11(10)13)8-4-6-14-7-5-8/h1-7H,12-13H2. The van der Waals surface area contributed by atoms with Gasteiger partial charge in [-0.05, 0) is 23.8 Å². The maximum atomic E-state index is 5.87. The highest BCUT2D eigenvalue weighted by Gasteiger charge is 2.03. The Morgan fingerprint density at radius 2 is 1.64 bits per heavy atom. The Kier molecular flexibility index (Phi) is 2.07. The maximum absolute atomic E-state index is 5.87. The summed E-state index contributed by atoms with van der Waals surface area (Å²) in [5, 5.41) is 0. The van der Waals surface area contributed by atoms with E-state index in [0.29, 0.717) is 11.4 Å². The molecule has 0 fully saturated rings. The van der Waals surface area contributed by atoms with Gasteiger partial charge in [0.05, 0.1) is 11.4 Å². The van der Waals surface area contributed by atoms with Gasteiger partial charge in [0.15, 0.2) is 0 Å². The number of rotatable bonds is 1. The fourth-order valence-corrected chi connectivity index (χ4v) is 1.37. The van der Waals surface area contributed by atoms with Crippen LogP contribution in [0.3, 0.4) is 0 Å². The topological polar surface area (TPSA) is 64.9 Å². The summed E-state index contributed by atoms with van der Waals surface area (Å²) >= 11 is 0. The van der Waals surface area contributed by atoms with Gasteiger partial charge in [0.1, 0.15) is 0 Å². The van der Waals surface area contributed by atoms with E-state index in [1.54, 1.807) is 18.5 Å². The van der Waals surface area contributed by atoms with Crippen LogP contribution in [0.1, 0.15) is 0 Å². The summed E-state index contributed by atoms with van der Waals surface area (Å²) in [6.45, 7) is 0. The van der Waals surface area contributed by atoms with Gasteiger partial charge in [0, 0.05) is 18.0 Å². The molecule has 1 heterocycles. The maximum Gasteiger partial charge on any atom is 0.0627 e. The van der Waals surface area contributed by atoms with Gasteiger partial charge in [0.2, 0.25) is 0 Å². The molecule has 0 aliphatic rings. The normalized spacial score (nSPS) is 10.0. The van der Waals surface area contributed by atoms with Crippen molar-refractivity contribution in [2.75, 3.05) is 11.5 Å². The zero-order valence-corrected chi connectivity index (χ0v) is 7.64. The van der Waals surface area contributed by atoms with E-state index in [0.717, 1.165) is 11.1 Å². The summed E-state index contributed by atoms with van der Waals surface area (Å²) in [4.78, 5) is 3.95. The third kappa shape index (κ3) is 1.40. The van der Waals surface area contributed by atoms with E-state index in [-0.39, 0.29) is 0 Å². The summed E-state index contributed by atoms with van der Waals surface area (Å²) in [6.07, 6.45) is 3.47. The molecule has 0 unspecified atom stereocenters. The minimum atomic E-state index is 0.610. The Balaban J connectivity index is 2.58. The van der Waals surface area contributed by atoms with Crippen molar-refractivity contribution in [1.82, 2.24) is 4.98 Å². The lowest BCUT2D eigenvalue weighted by Gasteiger charge is -2.07. The van der Waals surface area contributed by atoms with Gasteiger partial charge in [-0.3, -0.25) is 4.98 Å². The van der Waals surface area contributed by atoms with Crippen molar-refractivity contribution in [3.63, 3.8) is 0 Å². The molecule has 0 bridgehead atoms. The van der Waals surface area contributed by atoms with Gasteiger partial charge in [-0.25, -0.2) is 0 Å². The van der Waals surface area contributed by atoms with Crippen LogP contribution in [0, 0.1) is 0 Å². The molecule has 0 aliphatic heterocycles. The number of hydrogen-bond donors (Lipinski definition) is 2. The first-order valence-corrected chi connectivity index (χ1v) is 4.33. The van der Waals surface area contributed by atoms with E-state index in [1.807, 2.05) is 24.3 Å². The number of pyridine rings is 1. The van der Waals surface area contributed by atoms with Gasteiger partial charge in [0.25, 0.3) is 0 Å². The first-order chi connectivity index (χ1) is 6.79. The smallest absolute Gasteiger partial charge is 0.0627 e. The van der Waals surface area contributed by atoms with Gasteiger partial charge in [-0.15, -0.1) is 0 Å². The van der Waals surface area contributed by atoms with Gasteiger partial charge in [-0.2, -0.15) is 0 Å². The van der Waals surface area contributed by atoms with Crippen LogP contribution in [-0.4, -0.2) is 4.98 Å². The minimum Gasteiger partial charge on any atom is -0.397 e. The van der Waals surface area contributed by atoms with Gasteiger partial charge in [-0.1, -0.05) is 12.1 Å². The Morgan fingerprint density at radius 3 is 2.36 bits per heavy atom. The van der Waals surface area contributed by atoms with E-state index in [1.165, 1.54) is 0 Å². The highest BCUT2D eigenvalue weighted by molar-refractivity contribution is 5.83. The number of benzene rings is 1. The summed E-state index contributed by atoms with van der Waals surface area (Å²) in [5.74, 6) is 0. The molecule has 14 heavy (non-hydrogen) atoms. The van der Waals surface area contributed by atoms with E-state index in [4.69, 9.17) is 11.5 Å². The molecule has 0 saturated carbocycles. The first-order valence-electron chi connectivity index (χ1n) is 4.33. The first kappa shape index (κ1) is 8.56. The second-order valence-electron chi connectivity index (χ2n) is 3.04. The Bertz CT molecular complexity index is 438. The molecule has 0 spiro atoms. The molecular formula is C11H11N3. The quantitative estimate of drug-likeness (QED) is 0.667. The third-order valence-electron chi connectivity index (χ3n) is 2.13. The van der Waals surface area contributed by atoms with Crippen LogP contribution >= 0.6 is 0 Å². The predicted octanol–water partition coefficient (Wildman–Crippen LogP) is 1.91. The number of hydrogen-bond acceptors (Lipinski definition) is 3. The summed E-state index contributed by atoms with van der Waals surface area (Å²) in [7, 11) is 0. The van der Waals surface area contributed by atoms with Crippen molar-refractivity contribution >= 4 is 11.4 Å². The molecule has 1 aromatic heterocycles. The monoisotopic (exact) mass is 185 g/mol. The Labute approximate surface area is 82.4 Å². The molecule has 2 rings (SSSR count). The predicted molar refractivity (Wildman–Crippen MR) is 58.5 cm³/mol. The van der Waals surface area contributed by atoms with E-state index >= 15 is 0 Å². The molecule has 1 aromatic carbocycles. The molecule has 3 nitrogen and oxygen atoms in total. The number of aromatic nitrogens is 1. The zero-order valence-electron chi connectivity index (χ0n) is 7.64. The largest absolute Gasteiger partial charge is 0.397 e. The van der Waals surface area contributed by atoms with Crippen molar-refractivity contribution < 1.29 is 0 Å². The number of para-hydroxylation sites is 1. The fourth-order valence-electron chi connectivity index (χ4n) is 1.37. The van der Waals surface area contributed by atoms with E-state index in [9.17, 15) is 0 Å². The Hall–Kier alpha value is -2.03. The molecular weight excluding hydrogens is 174 g/mol. The second kappa shape index (κ2) is 3.38. The van der Waals surface area contributed by atoms with Crippen LogP contribution in [0.2, 0.25) is 0 Å². The average molecular weight is 185 g/mol. The van der Waals surface area contributed by atoms with Gasteiger partial charge >= 0.3 is 0 Å². The van der Waals surface area contributed by atoms with Crippen LogP contribution in [0.15, 0.2) is 42.7 Å². The van der Waals surface area contributed by atoms with Crippen LogP contribution < -0.4 is 11.5 Å². The minimum absolute atomic E-state index is 0.610. The molecule has 0 atom stereocenters. The average Bonchev–Trinajstić information content (AvgIpc) is 2.23. The molecule has 3 heteroatoms. The van der Waals surface area contributed by atoms with Crippen molar-refractivity contribution in [2.24, 2.45) is 0 Å². The summed E-state index contributed by atoms with van der Waals surface area (Å²) in [6, 6.07) is 9.44. The number of nitrogen functional groups attached to an aromatic ring is 2. The van der Waals surface area contributed by atoms with Crippen molar-refractivity contribution in [3.05, 3.63) is 42.7 Å². The number of anilines is 2. The number of nitrogens with two attached hydrogens (primary N) is 2. The molecule has 70 valence electrons. The van der Waals surface area contributed by atoms with E-state index < -0.39 is 0 Å². The molecule has 0 radical (unpaired) electrons.